The molecule has 0 radical (unpaired) electrons. The summed E-state index contributed by atoms with van der Waals surface area (Å²) in [6.07, 6.45) is 3.58. The molecule has 10 heteroatoms. The van der Waals surface area contributed by atoms with Gasteiger partial charge in [-0.3, -0.25) is 9.69 Å². The number of carbonyl (C=O) groups is 1. The monoisotopic (exact) mass is 522 g/mol. The molecule has 202 valence electrons. The van der Waals surface area contributed by atoms with E-state index < -0.39 is 10.0 Å². The van der Waals surface area contributed by atoms with Crippen LogP contribution in [-0.4, -0.2) is 119 Å². The lowest BCUT2D eigenvalue weighted by atomic mass is 10.0. The molecule has 0 N–H and O–H groups in total. The third-order valence-corrected chi connectivity index (χ3v) is 10.4. The number of fused-ring (bicyclic) bond motifs is 1. The van der Waals surface area contributed by atoms with E-state index in [1.165, 1.54) is 17.1 Å². The molecule has 0 saturated carbocycles. The van der Waals surface area contributed by atoms with E-state index in [4.69, 9.17) is 9.47 Å². The molecule has 3 fully saturated rings. The zero-order valence-electron chi connectivity index (χ0n) is 22.4. The minimum atomic E-state index is -3.68. The molecule has 3 heterocycles. The first-order chi connectivity index (χ1) is 17.1. The number of benzene rings is 1. The summed E-state index contributed by atoms with van der Waals surface area (Å²) in [5.41, 5.74) is 1.28. The van der Waals surface area contributed by atoms with Crippen LogP contribution >= 0.6 is 0 Å². The Morgan fingerprint density at radius 2 is 1.75 bits per heavy atom. The third kappa shape index (κ3) is 5.72. The predicted octanol–water partition coefficient (Wildman–Crippen LogP) is 1.58. The van der Waals surface area contributed by atoms with Gasteiger partial charge in [0.05, 0.1) is 18.6 Å². The van der Waals surface area contributed by atoms with Crippen molar-refractivity contribution in [2.75, 3.05) is 73.7 Å². The first kappa shape index (κ1) is 27.3. The number of hydrogen-bond acceptors (Lipinski definition) is 7. The van der Waals surface area contributed by atoms with Crippen molar-refractivity contribution < 1.29 is 22.7 Å². The van der Waals surface area contributed by atoms with Gasteiger partial charge in [-0.2, -0.15) is 4.31 Å². The fraction of sp³-hybridized carbons (Fsp3) is 0.731. The van der Waals surface area contributed by atoms with Gasteiger partial charge in [-0.15, -0.1) is 0 Å². The number of rotatable bonds is 9. The molecule has 3 saturated heterocycles. The number of methoxy groups -OCH3 is 1. The van der Waals surface area contributed by atoms with Crippen molar-refractivity contribution in [1.82, 2.24) is 19.0 Å². The van der Waals surface area contributed by atoms with Gasteiger partial charge in [0.2, 0.25) is 15.9 Å². The second-order valence-corrected chi connectivity index (χ2v) is 12.6. The van der Waals surface area contributed by atoms with Gasteiger partial charge in [-0.1, -0.05) is 0 Å². The standard InChI is InChI=1S/C26H42N4O5S/c1-19-14-23(34-5)15-20(2)26(19)36(32,33)28(4)12-13-35-18-25(31)29-16-21-6-11-30(24(21)17-29)22-7-9-27(3)10-8-22/h14-15,21-22,24H,6-13,16-18H2,1-5H3/t21-,24+/m0/s1. The molecule has 0 unspecified atom stereocenters. The highest BCUT2D eigenvalue weighted by molar-refractivity contribution is 7.89. The Morgan fingerprint density at radius 3 is 2.39 bits per heavy atom. The molecule has 0 aromatic heterocycles. The summed E-state index contributed by atoms with van der Waals surface area (Å²) in [7, 11) is 1.62. The summed E-state index contributed by atoms with van der Waals surface area (Å²) in [6.45, 7) is 8.90. The van der Waals surface area contributed by atoms with Crippen LogP contribution in [0.15, 0.2) is 17.0 Å². The van der Waals surface area contributed by atoms with Gasteiger partial charge in [0.15, 0.2) is 0 Å². The summed E-state index contributed by atoms with van der Waals surface area (Å²) in [5.74, 6) is 1.19. The zero-order valence-corrected chi connectivity index (χ0v) is 23.2. The number of piperidine rings is 1. The molecule has 1 amide bonds. The highest BCUT2D eigenvalue weighted by Crippen LogP contribution is 2.35. The van der Waals surface area contributed by atoms with Crippen molar-refractivity contribution in [3.63, 3.8) is 0 Å². The van der Waals surface area contributed by atoms with Gasteiger partial charge in [-0.05, 0) is 89.0 Å². The molecule has 0 aliphatic carbocycles. The largest absolute Gasteiger partial charge is 0.497 e. The highest BCUT2D eigenvalue weighted by Gasteiger charge is 2.45. The molecule has 9 nitrogen and oxygen atoms in total. The van der Waals surface area contributed by atoms with Crippen LogP contribution in [0.1, 0.15) is 30.4 Å². The lowest BCUT2D eigenvalue weighted by molar-refractivity contribution is -0.135. The molecule has 4 rings (SSSR count). The van der Waals surface area contributed by atoms with Crippen molar-refractivity contribution in [3.8, 4) is 5.75 Å². The van der Waals surface area contributed by atoms with Gasteiger partial charge in [-0.25, -0.2) is 8.42 Å². The molecule has 1 aromatic rings. The van der Waals surface area contributed by atoms with Gasteiger partial charge in [0.1, 0.15) is 12.4 Å². The van der Waals surface area contributed by atoms with Crippen LogP contribution in [-0.2, 0) is 19.6 Å². The molecule has 1 aromatic carbocycles. The van der Waals surface area contributed by atoms with Gasteiger partial charge < -0.3 is 19.3 Å². The van der Waals surface area contributed by atoms with E-state index in [9.17, 15) is 13.2 Å². The Hall–Kier alpha value is -1.72. The van der Waals surface area contributed by atoms with E-state index >= 15 is 0 Å². The quantitative estimate of drug-likeness (QED) is 0.456. The first-order valence-corrected chi connectivity index (χ1v) is 14.5. The number of nitrogens with zero attached hydrogens (tertiary/aromatic N) is 4. The molecular weight excluding hydrogens is 480 g/mol. The zero-order chi connectivity index (χ0) is 26.0. The Morgan fingerprint density at radius 1 is 1.08 bits per heavy atom. The highest BCUT2D eigenvalue weighted by atomic mass is 32.2. The fourth-order valence-corrected chi connectivity index (χ4v) is 7.69. The lowest BCUT2D eigenvalue weighted by Crippen LogP contribution is -2.48. The van der Waals surface area contributed by atoms with Crippen LogP contribution in [0.5, 0.6) is 5.75 Å². The van der Waals surface area contributed by atoms with Crippen molar-refractivity contribution in [3.05, 3.63) is 23.3 Å². The van der Waals surface area contributed by atoms with E-state index in [-0.39, 0.29) is 25.7 Å². The maximum atomic E-state index is 13.1. The number of hydrogen-bond donors (Lipinski definition) is 0. The summed E-state index contributed by atoms with van der Waals surface area (Å²) in [6, 6.07) is 4.55. The predicted molar refractivity (Wildman–Crippen MR) is 139 cm³/mol. The molecule has 36 heavy (non-hydrogen) atoms. The number of sulfonamides is 1. The Kier molecular flexibility index (Phi) is 8.61. The smallest absolute Gasteiger partial charge is 0.248 e. The summed E-state index contributed by atoms with van der Waals surface area (Å²) >= 11 is 0. The van der Waals surface area contributed by atoms with Crippen LogP contribution in [0, 0.1) is 19.8 Å². The average molecular weight is 523 g/mol. The second kappa shape index (κ2) is 11.3. The molecule has 2 atom stereocenters. The van der Waals surface area contributed by atoms with E-state index in [0.717, 1.165) is 39.1 Å². The normalized spacial score (nSPS) is 24.0. The van der Waals surface area contributed by atoms with Gasteiger partial charge in [0.25, 0.3) is 0 Å². The first-order valence-electron chi connectivity index (χ1n) is 13.0. The maximum absolute atomic E-state index is 13.1. The number of amides is 1. The SMILES string of the molecule is COc1cc(C)c(S(=O)(=O)N(C)CCOCC(=O)N2C[C@@H]3CCN(C4CCN(C)CC4)[C@@H]3C2)c(C)c1. The van der Waals surface area contributed by atoms with Gasteiger partial charge >= 0.3 is 0 Å². The topological polar surface area (TPSA) is 82.6 Å². The van der Waals surface area contributed by atoms with Crippen molar-refractivity contribution in [2.45, 2.75) is 50.1 Å². The number of likely N-dealkylation sites (N-methyl/N-ethyl adjacent to an activating group) is 1. The van der Waals surface area contributed by atoms with Crippen molar-refractivity contribution >= 4 is 15.9 Å². The Labute approximate surface area is 216 Å². The van der Waals surface area contributed by atoms with Crippen LogP contribution in [0.3, 0.4) is 0 Å². The minimum absolute atomic E-state index is 0.0000750. The third-order valence-electron chi connectivity index (χ3n) is 8.21. The molecular formula is C26H42N4O5S. The number of ether oxygens (including phenoxy) is 2. The van der Waals surface area contributed by atoms with Crippen LogP contribution < -0.4 is 4.74 Å². The van der Waals surface area contributed by atoms with Crippen molar-refractivity contribution in [2.24, 2.45) is 5.92 Å². The summed E-state index contributed by atoms with van der Waals surface area (Å²) in [5, 5.41) is 0. The van der Waals surface area contributed by atoms with E-state index in [1.807, 2.05) is 4.90 Å². The van der Waals surface area contributed by atoms with E-state index in [2.05, 4.69) is 16.8 Å². The molecule has 0 bridgehead atoms. The minimum Gasteiger partial charge on any atom is -0.497 e. The van der Waals surface area contributed by atoms with Crippen LogP contribution in [0.25, 0.3) is 0 Å². The summed E-state index contributed by atoms with van der Waals surface area (Å²) in [4.78, 5) is 20.1. The fourth-order valence-electron chi connectivity index (χ4n) is 6.13. The lowest BCUT2D eigenvalue weighted by Gasteiger charge is -2.38. The van der Waals surface area contributed by atoms with Crippen LogP contribution in [0.2, 0.25) is 0 Å². The average Bonchev–Trinajstić information content (AvgIpc) is 3.42. The van der Waals surface area contributed by atoms with Crippen LogP contribution in [0.4, 0.5) is 0 Å². The van der Waals surface area contributed by atoms with E-state index in [0.29, 0.717) is 39.8 Å². The second-order valence-electron chi connectivity index (χ2n) is 10.7. The number of aryl methyl sites for hydroxylation is 2. The maximum Gasteiger partial charge on any atom is 0.248 e. The molecule has 0 spiro atoms. The van der Waals surface area contributed by atoms with Crippen molar-refractivity contribution in [1.29, 1.82) is 0 Å². The molecule has 3 aliphatic heterocycles. The number of likely N-dealkylation sites (tertiary alicyclic amines) is 3. The Bertz CT molecular complexity index is 1020. The molecule has 3 aliphatic rings. The Balaban J connectivity index is 1.24. The van der Waals surface area contributed by atoms with E-state index in [1.54, 1.807) is 40.1 Å². The summed E-state index contributed by atoms with van der Waals surface area (Å²) < 4.78 is 38.5. The number of carbonyl (C=O) groups excluding carboxylic acids is 1. The van der Waals surface area contributed by atoms with Gasteiger partial charge in [0, 0.05) is 38.8 Å².